The first-order chi connectivity index (χ1) is 7.25. The van der Waals surface area contributed by atoms with Gasteiger partial charge < -0.3 is 5.32 Å². The summed E-state index contributed by atoms with van der Waals surface area (Å²) in [6, 6.07) is 6.85. The van der Waals surface area contributed by atoms with Crippen molar-refractivity contribution in [1.29, 1.82) is 0 Å². The van der Waals surface area contributed by atoms with Crippen LogP contribution in [0.5, 0.6) is 0 Å². The average Bonchev–Trinajstić information content (AvgIpc) is 2.25. The first kappa shape index (κ1) is 11.0. The number of hydrogen-bond donors (Lipinski definition) is 1. The highest BCUT2D eigenvalue weighted by Gasteiger charge is 2.13. The van der Waals surface area contributed by atoms with Crippen molar-refractivity contribution in [2.45, 2.75) is 25.5 Å². The monoisotopic (exact) mass is 221 g/mol. The largest absolute Gasteiger partial charge is 0.315 e. The van der Waals surface area contributed by atoms with Crippen LogP contribution in [0, 0.1) is 13.8 Å². The molecule has 1 heterocycles. The maximum atomic E-state index is 3.46. The first-order valence-electron chi connectivity index (χ1n) is 5.64. The first-order valence-corrected chi connectivity index (χ1v) is 6.69. The van der Waals surface area contributed by atoms with Crippen molar-refractivity contribution in [3.63, 3.8) is 0 Å². The van der Waals surface area contributed by atoms with E-state index in [2.05, 4.69) is 49.1 Å². The molecule has 1 saturated heterocycles. The van der Waals surface area contributed by atoms with Gasteiger partial charge >= 0.3 is 0 Å². The molecule has 1 unspecified atom stereocenters. The van der Waals surface area contributed by atoms with E-state index in [4.69, 9.17) is 0 Å². The Morgan fingerprint density at radius 3 is 2.87 bits per heavy atom. The predicted molar refractivity (Wildman–Crippen MR) is 68.7 cm³/mol. The highest BCUT2D eigenvalue weighted by Crippen LogP contribution is 2.19. The molecule has 1 nitrogen and oxygen atoms in total. The molecule has 0 amide bonds. The summed E-state index contributed by atoms with van der Waals surface area (Å²) >= 11 is 2.11. The van der Waals surface area contributed by atoms with Crippen LogP contribution in [-0.4, -0.2) is 24.1 Å². The third kappa shape index (κ3) is 2.99. The van der Waals surface area contributed by atoms with Crippen molar-refractivity contribution < 1.29 is 0 Å². The van der Waals surface area contributed by atoms with Gasteiger partial charge in [-0.15, -0.1) is 0 Å². The smallest absolute Gasteiger partial charge is 0.0213 e. The summed E-state index contributed by atoms with van der Waals surface area (Å²) in [7, 11) is 0. The fourth-order valence-corrected chi connectivity index (χ4v) is 3.09. The van der Waals surface area contributed by atoms with Crippen LogP contribution in [0.2, 0.25) is 0 Å². The van der Waals surface area contributed by atoms with Crippen LogP contribution in [0.3, 0.4) is 0 Å². The van der Waals surface area contributed by atoms with Crippen LogP contribution in [0.15, 0.2) is 18.2 Å². The summed E-state index contributed by atoms with van der Waals surface area (Å²) in [6.45, 7) is 6.72. The van der Waals surface area contributed by atoms with Gasteiger partial charge in [-0.3, -0.25) is 0 Å². The Bertz CT molecular complexity index is 329. The van der Waals surface area contributed by atoms with E-state index in [0.717, 1.165) is 11.8 Å². The Morgan fingerprint density at radius 1 is 1.33 bits per heavy atom. The molecule has 0 spiro atoms. The zero-order chi connectivity index (χ0) is 10.7. The molecule has 1 aliphatic rings. The SMILES string of the molecule is Cc1ccc(CC2CNCCS2)cc1C. The molecule has 15 heavy (non-hydrogen) atoms. The van der Waals surface area contributed by atoms with E-state index < -0.39 is 0 Å². The quantitative estimate of drug-likeness (QED) is 0.823. The molecule has 0 aliphatic carbocycles. The van der Waals surface area contributed by atoms with Crippen molar-refractivity contribution in [1.82, 2.24) is 5.32 Å². The molecular weight excluding hydrogens is 202 g/mol. The van der Waals surface area contributed by atoms with Crippen molar-refractivity contribution >= 4 is 11.8 Å². The minimum Gasteiger partial charge on any atom is -0.315 e. The molecule has 1 aromatic carbocycles. The lowest BCUT2D eigenvalue weighted by Crippen LogP contribution is -2.33. The van der Waals surface area contributed by atoms with Crippen LogP contribution in [-0.2, 0) is 6.42 Å². The molecule has 0 aromatic heterocycles. The topological polar surface area (TPSA) is 12.0 Å². The minimum absolute atomic E-state index is 0.765. The van der Waals surface area contributed by atoms with Gasteiger partial charge in [0.2, 0.25) is 0 Å². The van der Waals surface area contributed by atoms with Gasteiger partial charge in [0.15, 0.2) is 0 Å². The van der Waals surface area contributed by atoms with E-state index in [1.54, 1.807) is 0 Å². The second-order valence-electron chi connectivity index (χ2n) is 4.32. The third-order valence-corrected chi connectivity index (χ3v) is 4.28. The van der Waals surface area contributed by atoms with Crippen LogP contribution in [0.1, 0.15) is 16.7 Å². The van der Waals surface area contributed by atoms with Crippen LogP contribution in [0.4, 0.5) is 0 Å². The zero-order valence-corrected chi connectivity index (χ0v) is 10.4. The molecule has 0 saturated carbocycles. The number of rotatable bonds is 2. The highest BCUT2D eigenvalue weighted by atomic mass is 32.2. The highest BCUT2D eigenvalue weighted by molar-refractivity contribution is 8.00. The number of benzene rings is 1. The molecule has 1 aromatic rings. The van der Waals surface area contributed by atoms with E-state index in [-0.39, 0.29) is 0 Å². The molecule has 1 fully saturated rings. The number of aryl methyl sites for hydroxylation is 2. The maximum absolute atomic E-state index is 3.46. The molecular formula is C13H19NS. The normalized spacial score (nSPS) is 21.6. The van der Waals surface area contributed by atoms with Crippen LogP contribution < -0.4 is 5.32 Å². The second-order valence-corrected chi connectivity index (χ2v) is 5.73. The Hall–Kier alpha value is -0.470. The van der Waals surface area contributed by atoms with Crippen molar-refractivity contribution in [2.75, 3.05) is 18.8 Å². The van der Waals surface area contributed by atoms with Crippen molar-refractivity contribution in [3.8, 4) is 0 Å². The second kappa shape index (κ2) is 5.04. The molecule has 1 aliphatic heterocycles. The summed E-state index contributed by atoms with van der Waals surface area (Å²) < 4.78 is 0. The number of nitrogens with one attached hydrogen (secondary N) is 1. The lowest BCUT2D eigenvalue weighted by atomic mass is 10.0. The van der Waals surface area contributed by atoms with E-state index in [1.165, 1.54) is 35.4 Å². The van der Waals surface area contributed by atoms with E-state index in [1.807, 2.05) is 0 Å². The van der Waals surface area contributed by atoms with Gasteiger partial charge in [-0.1, -0.05) is 18.2 Å². The Labute approximate surface area is 96.7 Å². The summed E-state index contributed by atoms with van der Waals surface area (Å²) in [6.07, 6.45) is 1.21. The van der Waals surface area contributed by atoms with Crippen molar-refractivity contribution in [3.05, 3.63) is 34.9 Å². The summed E-state index contributed by atoms with van der Waals surface area (Å²) in [5.41, 5.74) is 4.30. The molecule has 2 rings (SSSR count). The minimum atomic E-state index is 0.765. The number of hydrogen-bond acceptors (Lipinski definition) is 2. The summed E-state index contributed by atoms with van der Waals surface area (Å²) in [4.78, 5) is 0. The lowest BCUT2D eigenvalue weighted by Gasteiger charge is -2.22. The molecule has 1 atom stereocenters. The van der Waals surface area contributed by atoms with Crippen LogP contribution in [0.25, 0.3) is 0 Å². The molecule has 82 valence electrons. The predicted octanol–water partition coefficient (Wildman–Crippen LogP) is 2.55. The Morgan fingerprint density at radius 2 is 2.20 bits per heavy atom. The van der Waals surface area contributed by atoms with E-state index >= 15 is 0 Å². The Balaban J connectivity index is 2.00. The van der Waals surface area contributed by atoms with Gasteiger partial charge in [0.1, 0.15) is 0 Å². The third-order valence-electron chi connectivity index (χ3n) is 3.04. The van der Waals surface area contributed by atoms with Gasteiger partial charge in [0.25, 0.3) is 0 Å². The fourth-order valence-electron chi connectivity index (χ4n) is 1.94. The van der Waals surface area contributed by atoms with Gasteiger partial charge in [0.05, 0.1) is 0 Å². The lowest BCUT2D eigenvalue weighted by molar-refractivity contribution is 0.666. The van der Waals surface area contributed by atoms with E-state index in [0.29, 0.717) is 0 Å². The molecule has 0 radical (unpaired) electrons. The summed E-state index contributed by atoms with van der Waals surface area (Å²) in [5, 5.41) is 4.22. The molecule has 0 bridgehead atoms. The fraction of sp³-hybridized carbons (Fsp3) is 0.538. The van der Waals surface area contributed by atoms with E-state index in [9.17, 15) is 0 Å². The van der Waals surface area contributed by atoms with Gasteiger partial charge in [-0.25, -0.2) is 0 Å². The zero-order valence-electron chi connectivity index (χ0n) is 9.55. The van der Waals surface area contributed by atoms with Gasteiger partial charge in [0, 0.05) is 24.1 Å². The molecule has 1 N–H and O–H groups in total. The number of thioether (sulfide) groups is 1. The van der Waals surface area contributed by atoms with Crippen molar-refractivity contribution in [2.24, 2.45) is 0 Å². The Kier molecular flexibility index (Phi) is 3.71. The average molecular weight is 221 g/mol. The van der Waals surface area contributed by atoms with Crippen LogP contribution >= 0.6 is 11.8 Å². The van der Waals surface area contributed by atoms with Gasteiger partial charge in [-0.2, -0.15) is 11.8 Å². The standard InChI is InChI=1S/C13H19NS/c1-10-3-4-12(7-11(10)2)8-13-9-14-5-6-15-13/h3-4,7,13-14H,5-6,8-9H2,1-2H3. The molecule has 2 heteroatoms. The maximum Gasteiger partial charge on any atom is 0.0213 e. The summed E-state index contributed by atoms with van der Waals surface area (Å²) in [5.74, 6) is 1.26. The van der Waals surface area contributed by atoms with Gasteiger partial charge in [-0.05, 0) is 37.0 Å².